The van der Waals surface area contributed by atoms with Crippen molar-refractivity contribution in [3.63, 3.8) is 0 Å². The highest BCUT2D eigenvalue weighted by Crippen LogP contribution is 2.30. The Labute approximate surface area is 239 Å². The van der Waals surface area contributed by atoms with Gasteiger partial charge in [0.05, 0.1) is 12.8 Å². The second-order valence-corrected chi connectivity index (χ2v) is 12.1. The number of carbonyl (C=O) groups excluding carboxylic acids is 2. The number of benzene rings is 1. The summed E-state index contributed by atoms with van der Waals surface area (Å²) in [6.45, 7) is 1.62. The molecule has 1 aliphatic rings. The van der Waals surface area contributed by atoms with Crippen LogP contribution < -0.4 is 10.6 Å². The van der Waals surface area contributed by atoms with Crippen molar-refractivity contribution in [2.75, 3.05) is 22.1 Å². The van der Waals surface area contributed by atoms with Gasteiger partial charge in [0.1, 0.15) is 33.6 Å². The fourth-order valence-corrected chi connectivity index (χ4v) is 6.31. The summed E-state index contributed by atoms with van der Waals surface area (Å²) < 4.78 is 55.6. The first-order chi connectivity index (χ1) is 19.2. The van der Waals surface area contributed by atoms with Crippen molar-refractivity contribution >= 4 is 56.5 Å². The van der Waals surface area contributed by atoms with Gasteiger partial charge in [0, 0.05) is 29.9 Å². The number of anilines is 2. The van der Waals surface area contributed by atoms with E-state index in [9.17, 15) is 27.2 Å². The monoisotopic (exact) mass is 612 g/mol. The molecule has 1 aromatic carbocycles. The average Bonchev–Trinajstić information content (AvgIpc) is 3.55. The summed E-state index contributed by atoms with van der Waals surface area (Å²) in [7, 11) is 0. The van der Waals surface area contributed by atoms with Gasteiger partial charge in [0.2, 0.25) is 22.1 Å². The number of allylic oxidation sites excluding steroid dienone is 3. The lowest BCUT2D eigenvalue weighted by molar-refractivity contribution is -0.116. The van der Waals surface area contributed by atoms with E-state index in [0.29, 0.717) is 22.9 Å². The molecule has 8 nitrogen and oxygen atoms in total. The van der Waals surface area contributed by atoms with Crippen molar-refractivity contribution in [3.8, 4) is 0 Å². The number of nitrogens with zero attached hydrogens (tertiary/aromatic N) is 4. The number of aromatic nitrogens is 4. The maximum atomic E-state index is 14.3. The van der Waals surface area contributed by atoms with Crippen LogP contribution in [-0.4, -0.2) is 49.9 Å². The smallest absolute Gasteiger partial charge is 0.230 e. The van der Waals surface area contributed by atoms with Gasteiger partial charge < -0.3 is 10.6 Å². The summed E-state index contributed by atoms with van der Waals surface area (Å²) in [4.78, 5) is 24.4. The third-order valence-corrected chi connectivity index (χ3v) is 8.53. The van der Waals surface area contributed by atoms with Crippen molar-refractivity contribution < 1.29 is 27.2 Å². The number of alkyl halides is 1. The molecule has 40 heavy (non-hydrogen) atoms. The summed E-state index contributed by atoms with van der Waals surface area (Å²) in [5.74, 6) is -2.48. The minimum absolute atomic E-state index is 0.170. The Kier molecular flexibility index (Phi) is 10.4. The third-order valence-electron chi connectivity index (χ3n) is 5.74. The predicted molar refractivity (Wildman–Crippen MR) is 148 cm³/mol. The van der Waals surface area contributed by atoms with E-state index in [4.69, 9.17) is 0 Å². The number of rotatable bonds is 12. The van der Waals surface area contributed by atoms with E-state index in [2.05, 4.69) is 31.0 Å². The molecule has 0 aliphatic heterocycles. The van der Waals surface area contributed by atoms with Gasteiger partial charge >= 0.3 is 0 Å². The fraction of sp³-hybridized carbons (Fsp3) is 0.360. The van der Waals surface area contributed by atoms with E-state index in [1.165, 1.54) is 40.9 Å². The molecule has 1 aliphatic carbocycles. The van der Waals surface area contributed by atoms with E-state index in [0.717, 1.165) is 23.6 Å². The number of aryl methyl sites for hydroxylation is 2. The lowest BCUT2D eigenvalue weighted by Crippen LogP contribution is -2.22. The average molecular weight is 613 g/mol. The highest BCUT2D eigenvalue weighted by atomic mass is 32.2. The van der Waals surface area contributed by atoms with Crippen LogP contribution in [0.3, 0.4) is 0 Å². The Morgan fingerprint density at radius 3 is 2.02 bits per heavy atom. The maximum absolute atomic E-state index is 14.3. The summed E-state index contributed by atoms with van der Waals surface area (Å²) in [5, 5.41) is 22.9. The van der Waals surface area contributed by atoms with Crippen LogP contribution in [-0.2, 0) is 28.9 Å². The first-order valence-electron chi connectivity index (χ1n) is 12.2. The number of hydrogen-bond donors (Lipinski definition) is 2. The second-order valence-electron chi connectivity index (χ2n) is 8.76. The summed E-state index contributed by atoms with van der Waals surface area (Å²) in [6, 6.07) is 3.42. The Morgan fingerprint density at radius 2 is 1.45 bits per heavy atom. The zero-order valence-electron chi connectivity index (χ0n) is 21.1. The molecule has 0 spiro atoms. The largest absolute Gasteiger partial charge is 0.300 e. The number of amides is 2. The molecule has 0 radical (unpaired) electrons. The molecule has 2 heterocycles. The van der Waals surface area contributed by atoms with Gasteiger partial charge in [-0.1, -0.05) is 41.7 Å². The fourth-order valence-electron chi connectivity index (χ4n) is 3.66. The highest BCUT2D eigenvalue weighted by molar-refractivity contribution is 7.99. The number of halogens is 4. The van der Waals surface area contributed by atoms with E-state index in [1.54, 1.807) is 18.7 Å². The molecule has 212 valence electrons. The minimum atomic E-state index is -1.54. The van der Waals surface area contributed by atoms with Crippen LogP contribution in [0, 0.1) is 17.6 Å². The van der Waals surface area contributed by atoms with Crippen LogP contribution in [0.15, 0.2) is 41.8 Å². The van der Waals surface area contributed by atoms with Crippen molar-refractivity contribution in [2.24, 2.45) is 5.92 Å². The zero-order valence-corrected chi connectivity index (χ0v) is 23.6. The van der Waals surface area contributed by atoms with Crippen molar-refractivity contribution in [2.45, 2.75) is 38.8 Å². The first-order valence-corrected chi connectivity index (χ1v) is 14.9. The van der Waals surface area contributed by atoms with Gasteiger partial charge in [-0.05, 0) is 29.7 Å². The number of hydrogen-bond acceptors (Lipinski definition) is 9. The molecule has 15 heteroatoms. The lowest BCUT2D eigenvalue weighted by atomic mass is 9.91. The van der Waals surface area contributed by atoms with E-state index in [-0.39, 0.29) is 21.4 Å². The number of thioether (sulfide) groups is 1. The maximum Gasteiger partial charge on any atom is 0.230 e. The Balaban J connectivity index is 1.14. The van der Waals surface area contributed by atoms with Crippen LogP contribution >= 0.6 is 34.4 Å². The van der Waals surface area contributed by atoms with Crippen molar-refractivity contribution in [1.82, 2.24) is 20.4 Å². The topological polar surface area (TPSA) is 110 Å². The Morgan fingerprint density at radius 1 is 0.900 bits per heavy atom. The van der Waals surface area contributed by atoms with Gasteiger partial charge in [0.25, 0.3) is 0 Å². The summed E-state index contributed by atoms with van der Waals surface area (Å²) in [6.07, 6.45) is 1.44. The second kappa shape index (κ2) is 13.9. The molecular weight excluding hydrogens is 589 g/mol. The molecule has 0 saturated heterocycles. The third kappa shape index (κ3) is 8.17. The molecule has 4 rings (SSSR count). The van der Waals surface area contributed by atoms with Gasteiger partial charge in [-0.15, -0.1) is 20.4 Å². The number of nitrogens with one attached hydrogen (secondary N) is 2. The summed E-state index contributed by atoms with van der Waals surface area (Å²) in [5.41, 5.74) is -0.475. The number of carbonyl (C=O) groups is 2. The van der Waals surface area contributed by atoms with E-state index in [1.807, 2.05) is 0 Å². The molecule has 0 fully saturated rings. The van der Waals surface area contributed by atoms with Crippen LogP contribution in [0.25, 0.3) is 0 Å². The SMILES string of the molecule is CC1C=CC(F)=C(CC(=O)Nc2nnc(CCSCCc3nnc(NC(=O)Cc4c(F)cccc4F)s3)s2)C1F. The van der Waals surface area contributed by atoms with Gasteiger partial charge in [-0.3, -0.25) is 9.59 Å². The van der Waals surface area contributed by atoms with Crippen molar-refractivity contribution in [3.05, 3.63) is 69.0 Å². The van der Waals surface area contributed by atoms with Crippen LogP contribution in [0.5, 0.6) is 0 Å². The highest BCUT2D eigenvalue weighted by Gasteiger charge is 2.27. The molecule has 0 bridgehead atoms. The van der Waals surface area contributed by atoms with Crippen molar-refractivity contribution in [1.29, 1.82) is 0 Å². The zero-order chi connectivity index (χ0) is 28.6. The van der Waals surface area contributed by atoms with Gasteiger partial charge in [0.15, 0.2) is 0 Å². The molecule has 2 unspecified atom stereocenters. The molecule has 2 atom stereocenters. The quantitative estimate of drug-likeness (QED) is 0.206. The van der Waals surface area contributed by atoms with Crippen LogP contribution in [0.1, 0.15) is 28.9 Å². The molecule has 2 amide bonds. The van der Waals surface area contributed by atoms with E-state index >= 15 is 0 Å². The first kappa shape index (κ1) is 29.8. The molecule has 3 aromatic rings. The summed E-state index contributed by atoms with van der Waals surface area (Å²) >= 11 is 4.03. The van der Waals surface area contributed by atoms with Gasteiger partial charge in [-0.25, -0.2) is 17.6 Å². The molecular formula is C25H24F4N6O2S3. The van der Waals surface area contributed by atoms with Gasteiger partial charge in [-0.2, -0.15) is 11.8 Å². The lowest BCUT2D eigenvalue weighted by Gasteiger charge is -2.20. The van der Waals surface area contributed by atoms with E-state index < -0.39 is 54.2 Å². The van der Waals surface area contributed by atoms with Crippen LogP contribution in [0.4, 0.5) is 27.8 Å². The standard InChI is InChI=1S/C25H24F4N6O2S3/c1-13-5-6-18(28)15(23(13)29)12-20(37)31-25-35-33-22(40-25)8-10-38-9-7-21-32-34-24(39-21)30-19(36)11-14-16(26)3-2-4-17(14)27/h2-6,13,23H,7-12H2,1H3,(H,30,34,36)(H,31,35,37). The Hall–Kier alpha value is -3.17. The predicted octanol–water partition coefficient (Wildman–Crippen LogP) is 5.46. The molecule has 2 aromatic heterocycles. The minimum Gasteiger partial charge on any atom is -0.300 e. The molecule has 2 N–H and O–H groups in total. The Bertz CT molecular complexity index is 1410. The normalized spacial score (nSPS) is 16.8. The van der Waals surface area contributed by atoms with Crippen LogP contribution in [0.2, 0.25) is 0 Å². The molecule has 0 saturated carbocycles.